The SMILES string of the molecule is CC(CCl)CS(=O)(=O)Nc1ccc(Cl)c(C(N)=O)c1. The number of rotatable bonds is 6. The Hall–Kier alpha value is -0.980. The third-order valence-corrected chi connectivity index (χ3v) is 4.68. The topological polar surface area (TPSA) is 89.3 Å². The molecule has 0 saturated carbocycles. The first-order valence-corrected chi connectivity index (χ1v) is 7.97. The van der Waals surface area contributed by atoms with E-state index in [9.17, 15) is 13.2 Å². The van der Waals surface area contributed by atoms with Gasteiger partial charge in [0, 0.05) is 11.6 Å². The number of sulfonamides is 1. The van der Waals surface area contributed by atoms with E-state index < -0.39 is 15.9 Å². The molecule has 8 heteroatoms. The lowest BCUT2D eigenvalue weighted by molar-refractivity contribution is 0.100. The Balaban J connectivity index is 2.94. The molecule has 1 amide bonds. The highest BCUT2D eigenvalue weighted by molar-refractivity contribution is 7.92. The predicted octanol–water partition coefficient (Wildman–Crippen LogP) is 2.06. The van der Waals surface area contributed by atoms with Crippen LogP contribution in [0.2, 0.25) is 5.02 Å². The molecule has 0 fully saturated rings. The average Bonchev–Trinajstić information content (AvgIpc) is 2.30. The molecule has 0 aromatic heterocycles. The van der Waals surface area contributed by atoms with E-state index in [1.54, 1.807) is 6.92 Å². The van der Waals surface area contributed by atoms with Crippen molar-refractivity contribution in [2.75, 3.05) is 16.4 Å². The summed E-state index contributed by atoms with van der Waals surface area (Å²) in [7, 11) is -3.53. The zero-order valence-electron chi connectivity index (χ0n) is 10.2. The summed E-state index contributed by atoms with van der Waals surface area (Å²) >= 11 is 11.4. The summed E-state index contributed by atoms with van der Waals surface area (Å²) < 4.78 is 26.0. The summed E-state index contributed by atoms with van der Waals surface area (Å²) in [5, 5.41) is 0.171. The zero-order valence-corrected chi connectivity index (χ0v) is 12.5. The molecule has 5 nitrogen and oxygen atoms in total. The van der Waals surface area contributed by atoms with Crippen LogP contribution in [0.4, 0.5) is 5.69 Å². The van der Waals surface area contributed by atoms with Gasteiger partial charge in [-0.3, -0.25) is 9.52 Å². The number of benzene rings is 1. The number of carbonyl (C=O) groups is 1. The number of primary amides is 1. The molecule has 106 valence electrons. The van der Waals surface area contributed by atoms with E-state index in [0.717, 1.165) is 0 Å². The Bertz CT molecular complexity index is 575. The van der Waals surface area contributed by atoms with Crippen LogP contribution in [0.1, 0.15) is 17.3 Å². The quantitative estimate of drug-likeness (QED) is 0.785. The number of anilines is 1. The van der Waals surface area contributed by atoms with Crippen molar-refractivity contribution in [2.45, 2.75) is 6.92 Å². The second-order valence-corrected chi connectivity index (χ2v) is 6.68. The van der Waals surface area contributed by atoms with Crippen LogP contribution in [-0.2, 0) is 10.0 Å². The van der Waals surface area contributed by atoms with Gasteiger partial charge in [0.25, 0.3) is 0 Å². The molecule has 0 aliphatic carbocycles. The Morgan fingerprint density at radius 1 is 1.47 bits per heavy atom. The Morgan fingerprint density at radius 3 is 2.63 bits per heavy atom. The number of carbonyl (C=O) groups excluding carboxylic acids is 1. The fourth-order valence-corrected chi connectivity index (χ4v) is 3.30. The van der Waals surface area contributed by atoms with Crippen molar-refractivity contribution in [2.24, 2.45) is 11.7 Å². The second-order valence-electron chi connectivity index (χ2n) is 4.20. The number of hydrogen-bond donors (Lipinski definition) is 2. The van der Waals surface area contributed by atoms with Crippen LogP contribution in [0.5, 0.6) is 0 Å². The first-order chi connectivity index (χ1) is 8.75. The van der Waals surface area contributed by atoms with Crippen LogP contribution < -0.4 is 10.5 Å². The van der Waals surface area contributed by atoms with Gasteiger partial charge in [-0.1, -0.05) is 18.5 Å². The van der Waals surface area contributed by atoms with E-state index >= 15 is 0 Å². The first-order valence-electron chi connectivity index (χ1n) is 5.41. The van der Waals surface area contributed by atoms with Crippen molar-refractivity contribution in [1.82, 2.24) is 0 Å². The number of nitrogens with two attached hydrogens (primary N) is 1. The lowest BCUT2D eigenvalue weighted by atomic mass is 10.2. The normalized spacial score (nSPS) is 13.0. The van der Waals surface area contributed by atoms with Gasteiger partial charge in [-0.15, -0.1) is 11.6 Å². The molecule has 0 radical (unpaired) electrons. The van der Waals surface area contributed by atoms with Crippen LogP contribution in [0.25, 0.3) is 0 Å². The zero-order chi connectivity index (χ0) is 14.6. The van der Waals surface area contributed by atoms with Crippen molar-refractivity contribution >= 4 is 44.8 Å². The van der Waals surface area contributed by atoms with Crippen molar-refractivity contribution in [3.8, 4) is 0 Å². The van der Waals surface area contributed by atoms with Crippen LogP contribution >= 0.6 is 23.2 Å². The van der Waals surface area contributed by atoms with Crippen LogP contribution in [0.15, 0.2) is 18.2 Å². The van der Waals surface area contributed by atoms with Crippen molar-refractivity contribution in [1.29, 1.82) is 0 Å². The lowest BCUT2D eigenvalue weighted by Crippen LogP contribution is -2.22. The minimum atomic E-state index is -3.53. The Morgan fingerprint density at radius 2 is 2.11 bits per heavy atom. The average molecular weight is 325 g/mol. The summed E-state index contributed by atoms with van der Waals surface area (Å²) in [6.07, 6.45) is 0. The maximum atomic E-state index is 11.8. The van der Waals surface area contributed by atoms with Gasteiger partial charge in [0.2, 0.25) is 15.9 Å². The molecule has 3 N–H and O–H groups in total. The Kier molecular flexibility index (Phi) is 5.46. The second kappa shape index (κ2) is 6.45. The molecule has 1 unspecified atom stereocenters. The molecule has 0 saturated heterocycles. The summed E-state index contributed by atoms with van der Waals surface area (Å²) in [6.45, 7) is 1.73. The van der Waals surface area contributed by atoms with Crippen LogP contribution in [0.3, 0.4) is 0 Å². The molecule has 1 aromatic rings. The number of alkyl halides is 1. The number of halogens is 2. The van der Waals surface area contributed by atoms with Gasteiger partial charge in [-0.05, 0) is 24.1 Å². The predicted molar refractivity (Wildman–Crippen MR) is 77.3 cm³/mol. The number of nitrogens with one attached hydrogen (secondary N) is 1. The van der Waals surface area contributed by atoms with E-state index in [1.807, 2.05) is 0 Å². The molecule has 0 bridgehead atoms. The number of amides is 1. The maximum Gasteiger partial charge on any atom is 0.250 e. The maximum absolute atomic E-state index is 11.8. The molecule has 0 heterocycles. The highest BCUT2D eigenvalue weighted by Gasteiger charge is 2.16. The van der Waals surface area contributed by atoms with Gasteiger partial charge in [0.05, 0.1) is 16.3 Å². The summed E-state index contributed by atoms with van der Waals surface area (Å²) in [5.74, 6) is -0.763. The van der Waals surface area contributed by atoms with E-state index in [4.69, 9.17) is 28.9 Å². The molecular formula is C11H14Cl2N2O3S. The molecule has 0 aliphatic rings. The molecule has 1 atom stereocenters. The summed E-state index contributed by atoms with van der Waals surface area (Å²) in [5.41, 5.74) is 5.43. The number of hydrogen-bond acceptors (Lipinski definition) is 3. The highest BCUT2D eigenvalue weighted by atomic mass is 35.5. The molecule has 1 rings (SSSR count). The third-order valence-electron chi connectivity index (χ3n) is 2.27. The van der Waals surface area contributed by atoms with E-state index in [-0.39, 0.29) is 33.8 Å². The fourth-order valence-electron chi connectivity index (χ4n) is 1.42. The smallest absolute Gasteiger partial charge is 0.250 e. The molecule has 0 aliphatic heterocycles. The van der Waals surface area contributed by atoms with Crippen molar-refractivity contribution in [3.63, 3.8) is 0 Å². The molecular weight excluding hydrogens is 311 g/mol. The molecule has 1 aromatic carbocycles. The van der Waals surface area contributed by atoms with Crippen molar-refractivity contribution in [3.05, 3.63) is 28.8 Å². The van der Waals surface area contributed by atoms with E-state index in [0.29, 0.717) is 0 Å². The van der Waals surface area contributed by atoms with Crippen molar-refractivity contribution < 1.29 is 13.2 Å². The summed E-state index contributed by atoms with van der Waals surface area (Å²) in [4.78, 5) is 11.1. The first kappa shape index (κ1) is 16.1. The third kappa shape index (κ3) is 4.89. The summed E-state index contributed by atoms with van der Waals surface area (Å²) in [6, 6.07) is 4.16. The molecule has 0 spiro atoms. The van der Waals surface area contributed by atoms with Gasteiger partial charge < -0.3 is 5.73 Å². The van der Waals surface area contributed by atoms with Gasteiger partial charge in [0.1, 0.15) is 0 Å². The van der Waals surface area contributed by atoms with Crippen LogP contribution in [-0.4, -0.2) is 26.0 Å². The fraction of sp³-hybridized carbons (Fsp3) is 0.364. The van der Waals surface area contributed by atoms with E-state index in [1.165, 1.54) is 18.2 Å². The molecule has 19 heavy (non-hydrogen) atoms. The minimum Gasteiger partial charge on any atom is -0.366 e. The van der Waals surface area contributed by atoms with Gasteiger partial charge >= 0.3 is 0 Å². The van der Waals surface area contributed by atoms with Gasteiger partial charge in [0.15, 0.2) is 0 Å². The van der Waals surface area contributed by atoms with E-state index in [2.05, 4.69) is 4.72 Å². The lowest BCUT2D eigenvalue weighted by Gasteiger charge is -2.12. The Labute approximate surface area is 122 Å². The van der Waals surface area contributed by atoms with Gasteiger partial charge in [-0.25, -0.2) is 8.42 Å². The minimum absolute atomic E-state index is 0.0623. The highest BCUT2D eigenvalue weighted by Crippen LogP contribution is 2.21. The van der Waals surface area contributed by atoms with Crippen LogP contribution in [0, 0.1) is 5.92 Å². The largest absolute Gasteiger partial charge is 0.366 e. The standard InChI is InChI=1S/C11H14Cl2N2O3S/c1-7(5-12)6-19(17,18)15-8-2-3-10(13)9(4-8)11(14)16/h2-4,7,15H,5-6H2,1H3,(H2,14,16). The van der Waals surface area contributed by atoms with Gasteiger partial charge in [-0.2, -0.15) is 0 Å². The monoisotopic (exact) mass is 324 g/mol.